The Labute approximate surface area is 107 Å². The van der Waals surface area contributed by atoms with E-state index in [0.717, 1.165) is 24.0 Å². The molecule has 3 atom stereocenters. The van der Waals surface area contributed by atoms with Gasteiger partial charge in [-0.05, 0) is 39.2 Å². The normalized spacial score (nSPS) is 37.9. The van der Waals surface area contributed by atoms with Gasteiger partial charge < -0.3 is 10.2 Å². The first-order chi connectivity index (χ1) is 8.16. The highest BCUT2D eigenvalue weighted by Crippen LogP contribution is 2.24. The van der Waals surface area contributed by atoms with Gasteiger partial charge >= 0.3 is 0 Å². The molecule has 2 aliphatic rings. The molecule has 0 amide bonds. The van der Waals surface area contributed by atoms with Crippen molar-refractivity contribution in [3.05, 3.63) is 0 Å². The Bertz CT molecular complexity index is 221. The highest BCUT2D eigenvalue weighted by Gasteiger charge is 2.30. The fraction of sp³-hybridized carbons (Fsp3) is 1.00. The Balaban J connectivity index is 1.84. The van der Waals surface area contributed by atoms with Gasteiger partial charge in [-0.15, -0.1) is 0 Å². The summed E-state index contributed by atoms with van der Waals surface area (Å²) in [6.45, 7) is 6.04. The molecule has 0 aromatic rings. The van der Waals surface area contributed by atoms with Crippen molar-refractivity contribution in [2.45, 2.75) is 76.9 Å². The van der Waals surface area contributed by atoms with Gasteiger partial charge in [0, 0.05) is 24.7 Å². The minimum Gasteiger partial charge on any atom is -0.311 e. The van der Waals surface area contributed by atoms with Crippen molar-refractivity contribution in [3.63, 3.8) is 0 Å². The van der Waals surface area contributed by atoms with E-state index < -0.39 is 0 Å². The molecule has 2 fully saturated rings. The molecule has 0 aromatic heterocycles. The van der Waals surface area contributed by atoms with Crippen LogP contribution >= 0.6 is 0 Å². The lowest BCUT2D eigenvalue weighted by atomic mass is 9.88. The van der Waals surface area contributed by atoms with E-state index in [1.807, 2.05) is 0 Å². The second-order valence-electron chi connectivity index (χ2n) is 6.46. The largest absolute Gasteiger partial charge is 0.311 e. The van der Waals surface area contributed by atoms with E-state index in [0.29, 0.717) is 0 Å². The minimum atomic E-state index is 0.745. The standard InChI is InChI=1S/C15H30N2/c1-12-11-17(3)13(2)10-15(12)16-14-8-6-4-5-7-9-14/h12-16H,4-11H2,1-3H3. The van der Waals surface area contributed by atoms with Gasteiger partial charge in [-0.3, -0.25) is 0 Å². The molecule has 1 aliphatic heterocycles. The third-order valence-corrected chi connectivity index (χ3v) is 4.92. The Kier molecular flexibility index (Phi) is 4.87. The first-order valence-corrected chi connectivity index (χ1v) is 7.63. The molecule has 1 heterocycles. The van der Waals surface area contributed by atoms with E-state index in [2.05, 4.69) is 31.1 Å². The molecule has 2 nitrogen and oxygen atoms in total. The molecular formula is C15H30N2. The molecule has 0 spiro atoms. The molecule has 1 saturated carbocycles. The summed E-state index contributed by atoms with van der Waals surface area (Å²) in [5, 5.41) is 3.97. The summed E-state index contributed by atoms with van der Waals surface area (Å²) in [6, 6.07) is 2.30. The maximum Gasteiger partial charge on any atom is 0.0122 e. The van der Waals surface area contributed by atoms with Crippen LogP contribution in [0.25, 0.3) is 0 Å². The van der Waals surface area contributed by atoms with Gasteiger partial charge in [-0.2, -0.15) is 0 Å². The SMILES string of the molecule is CC1CN(C)C(C)CC1NC1CCCCCC1. The fourth-order valence-electron chi connectivity index (χ4n) is 3.52. The maximum atomic E-state index is 3.97. The zero-order valence-electron chi connectivity index (χ0n) is 11.9. The summed E-state index contributed by atoms with van der Waals surface area (Å²) in [5.41, 5.74) is 0. The van der Waals surface area contributed by atoms with E-state index in [-0.39, 0.29) is 0 Å². The average Bonchev–Trinajstić information content (AvgIpc) is 2.54. The van der Waals surface area contributed by atoms with Crippen LogP contribution in [0.4, 0.5) is 0 Å². The molecular weight excluding hydrogens is 208 g/mol. The van der Waals surface area contributed by atoms with Crippen LogP contribution in [0.1, 0.15) is 58.8 Å². The predicted molar refractivity (Wildman–Crippen MR) is 74.3 cm³/mol. The Hall–Kier alpha value is -0.0800. The molecule has 2 rings (SSSR count). The van der Waals surface area contributed by atoms with Crippen LogP contribution in [0.2, 0.25) is 0 Å². The Morgan fingerprint density at radius 3 is 2.29 bits per heavy atom. The lowest BCUT2D eigenvalue weighted by Gasteiger charge is -2.41. The molecule has 17 heavy (non-hydrogen) atoms. The summed E-state index contributed by atoms with van der Waals surface area (Å²) < 4.78 is 0. The van der Waals surface area contributed by atoms with Gasteiger partial charge in [-0.1, -0.05) is 32.6 Å². The van der Waals surface area contributed by atoms with Crippen LogP contribution in [-0.4, -0.2) is 36.6 Å². The van der Waals surface area contributed by atoms with E-state index in [9.17, 15) is 0 Å². The van der Waals surface area contributed by atoms with E-state index in [4.69, 9.17) is 0 Å². The Morgan fingerprint density at radius 1 is 1.00 bits per heavy atom. The van der Waals surface area contributed by atoms with Gasteiger partial charge in [0.15, 0.2) is 0 Å². The minimum absolute atomic E-state index is 0.745. The van der Waals surface area contributed by atoms with Crippen molar-refractivity contribution < 1.29 is 0 Å². The second-order valence-corrected chi connectivity index (χ2v) is 6.46. The molecule has 1 aliphatic carbocycles. The highest BCUT2D eigenvalue weighted by molar-refractivity contribution is 4.88. The van der Waals surface area contributed by atoms with Crippen LogP contribution in [0.15, 0.2) is 0 Å². The number of rotatable bonds is 2. The fourth-order valence-corrected chi connectivity index (χ4v) is 3.52. The number of hydrogen-bond donors (Lipinski definition) is 1. The Morgan fingerprint density at radius 2 is 1.65 bits per heavy atom. The van der Waals surface area contributed by atoms with E-state index in [1.165, 1.54) is 51.5 Å². The van der Waals surface area contributed by atoms with Crippen molar-refractivity contribution >= 4 is 0 Å². The van der Waals surface area contributed by atoms with E-state index >= 15 is 0 Å². The first kappa shape index (κ1) is 13.4. The molecule has 0 aromatic carbocycles. The number of nitrogens with one attached hydrogen (secondary N) is 1. The molecule has 0 radical (unpaired) electrons. The zero-order valence-corrected chi connectivity index (χ0v) is 11.9. The molecule has 0 bridgehead atoms. The number of hydrogen-bond acceptors (Lipinski definition) is 2. The van der Waals surface area contributed by atoms with Crippen LogP contribution in [0.3, 0.4) is 0 Å². The summed E-state index contributed by atoms with van der Waals surface area (Å²) in [4.78, 5) is 2.51. The average molecular weight is 238 g/mol. The van der Waals surface area contributed by atoms with Crippen LogP contribution in [-0.2, 0) is 0 Å². The number of piperidine rings is 1. The topological polar surface area (TPSA) is 15.3 Å². The molecule has 3 unspecified atom stereocenters. The van der Waals surface area contributed by atoms with Gasteiger partial charge in [-0.25, -0.2) is 0 Å². The molecule has 1 saturated heterocycles. The maximum absolute atomic E-state index is 3.97. The van der Waals surface area contributed by atoms with Crippen LogP contribution < -0.4 is 5.32 Å². The van der Waals surface area contributed by atoms with Crippen molar-refractivity contribution in [2.24, 2.45) is 5.92 Å². The first-order valence-electron chi connectivity index (χ1n) is 7.63. The molecule has 1 N–H and O–H groups in total. The van der Waals surface area contributed by atoms with Gasteiger partial charge in [0.25, 0.3) is 0 Å². The zero-order chi connectivity index (χ0) is 12.3. The van der Waals surface area contributed by atoms with Gasteiger partial charge in [0.1, 0.15) is 0 Å². The monoisotopic (exact) mass is 238 g/mol. The molecule has 100 valence electrons. The number of nitrogens with zero attached hydrogens (tertiary/aromatic N) is 1. The van der Waals surface area contributed by atoms with Crippen LogP contribution in [0, 0.1) is 5.92 Å². The third kappa shape index (κ3) is 3.69. The number of likely N-dealkylation sites (tertiary alicyclic amines) is 1. The van der Waals surface area contributed by atoms with Crippen molar-refractivity contribution in [2.75, 3.05) is 13.6 Å². The van der Waals surface area contributed by atoms with E-state index in [1.54, 1.807) is 0 Å². The predicted octanol–water partition coefficient (Wildman–Crippen LogP) is 3.03. The highest BCUT2D eigenvalue weighted by atomic mass is 15.2. The lowest BCUT2D eigenvalue weighted by Crippen LogP contribution is -2.53. The summed E-state index contributed by atoms with van der Waals surface area (Å²) in [6.07, 6.45) is 9.94. The van der Waals surface area contributed by atoms with Gasteiger partial charge in [0.05, 0.1) is 0 Å². The third-order valence-electron chi connectivity index (χ3n) is 4.92. The summed E-state index contributed by atoms with van der Waals surface area (Å²) in [5.74, 6) is 0.805. The summed E-state index contributed by atoms with van der Waals surface area (Å²) >= 11 is 0. The summed E-state index contributed by atoms with van der Waals surface area (Å²) in [7, 11) is 2.27. The van der Waals surface area contributed by atoms with Crippen molar-refractivity contribution in [3.8, 4) is 0 Å². The molecule has 2 heteroatoms. The smallest absolute Gasteiger partial charge is 0.0122 e. The van der Waals surface area contributed by atoms with Crippen LogP contribution in [0.5, 0.6) is 0 Å². The van der Waals surface area contributed by atoms with Gasteiger partial charge in [0.2, 0.25) is 0 Å². The second kappa shape index (κ2) is 6.19. The van der Waals surface area contributed by atoms with Crippen molar-refractivity contribution in [1.82, 2.24) is 10.2 Å². The quantitative estimate of drug-likeness (QED) is 0.744. The van der Waals surface area contributed by atoms with Crippen molar-refractivity contribution in [1.29, 1.82) is 0 Å². The lowest BCUT2D eigenvalue weighted by molar-refractivity contribution is 0.114.